The van der Waals surface area contributed by atoms with Gasteiger partial charge in [-0.2, -0.15) is 0 Å². The number of ether oxygens (including phenoxy) is 2. The lowest BCUT2D eigenvalue weighted by atomic mass is 9.91. The molecule has 0 bridgehead atoms. The largest absolute Gasteiger partial charge is 0.348 e. The Hall–Kier alpha value is -1.41. The molecule has 7 heteroatoms. The third-order valence-corrected chi connectivity index (χ3v) is 6.62. The number of carbonyl (C=O) groups excluding carboxylic acids is 1. The van der Waals surface area contributed by atoms with Crippen LogP contribution in [0.4, 0.5) is 10.5 Å². The molecule has 1 aliphatic heterocycles. The summed E-state index contributed by atoms with van der Waals surface area (Å²) in [5, 5.41) is 5.95. The Bertz CT molecular complexity index is 856. The van der Waals surface area contributed by atoms with Crippen molar-refractivity contribution in [2.75, 3.05) is 11.9 Å². The van der Waals surface area contributed by atoms with Gasteiger partial charge in [0.2, 0.25) is 0 Å². The first-order chi connectivity index (χ1) is 14.0. The van der Waals surface area contributed by atoms with Gasteiger partial charge in [0, 0.05) is 21.8 Å². The van der Waals surface area contributed by atoms with E-state index in [-0.39, 0.29) is 18.2 Å². The van der Waals surface area contributed by atoms with Gasteiger partial charge in [0.05, 0.1) is 18.3 Å². The van der Waals surface area contributed by atoms with Crippen molar-refractivity contribution in [3.05, 3.63) is 63.0 Å². The van der Waals surface area contributed by atoms with Gasteiger partial charge in [-0.3, -0.25) is 0 Å². The second kappa shape index (κ2) is 9.16. The summed E-state index contributed by atoms with van der Waals surface area (Å²) in [6.45, 7) is 0.425. The fraction of sp³-hybridized carbons (Fsp3) is 0.409. The average Bonchev–Trinajstić information content (AvgIpc) is 2.73. The number of anilines is 1. The summed E-state index contributed by atoms with van der Waals surface area (Å²) in [5.74, 6) is -0.526. The Morgan fingerprint density at radius 3 is 2.52 bits per heavy atom. The minimum atomic E-state index is -0.526. The Balaban J connectivity index is 1.49. The van der Waals surface area contributed by atoms with Crippen LogP contribution in [0.15, 0.2) is 57.5 Å². The Kier molecular flexibility index (Phi) is 6.59. The van der Waals surface area contributed by atoms with Gasteiger partial charge < -0.3 is 20.1 Å². The zero-order chi connectivity index (χ0) is 20.3. The fourth-order valence-electron chi connectivity index (χ4n) is 4.01. The first kappa shape index (κ1) is 20.8. The van der Waals surface area contributed by atoms with Crippen LogP contribution in [0, 0.1) is 0 Å². The van der Waals surface area contributed by atoms with Gasteiger partial charge in [0.25, 0.3) is 0 Å². The number of rotatable bonds is 3. The number of benzene rings is 2. The SMILES string of the molecule is O=C(Nc1ccc(Br)cc1Br)N[C@H]1COC2(CCCCC2)O[C@@H]1c1ccccc1. The van der Waals surface area contributed by atoms with E-state index in [0.717, 1.165) is 40.2 Å². The van der Waals surface area contributed by atoms with Crippen molar-refractivity contribution in [3.63, 3.8) is 0 Å². The lowest BCUT2D eigenvalue weighted by molar-refractivity contribution is -0.314. The van der Waals surface area contributed by atoms with Gasteiger partial charge in [-0.05, 0) is 52.5 Å². The van der Waals surface area contributed by atoms with Crippen LogP contribution in [0.25, 0.3) is 0 Å². The third kappa shape index (κ3) is 5.02. The van der Waals surface area contributed by atoms with Gasteiger partial charge in [0.1, 0.15) is 6.10 Å². The molecule has 1 saturated heterocycles. The number of hydrogen-bond donors (Lipinski definition) is 2. The average molecular weight is 524 g/mol. The number of hydrogen-bond acceptors (Lipinski definition) is 3. The molecule has 4 rings (SSSR count). The van der Waals surface area contributed by atoms with Crippen LogP contribution in [-0.2, 0) is 9.47 Å². The van der Waals surface area contributed by atoms with E-state index < -0.39 is 5.79 Å². The summed E-state index contributed by atoms with van der Waals surface area (Å²) in [6, 6.07) is 15.1. The highest BCUT2D eigenvalue weighted by atomic mass is 79.9. The van der Waals surface area contributed by atoms with Gasteiger partial charge in [-0.25, -0.2) is 4.79 Å². The fourth-order valence-corrected chi connectivity index (χ4v) is 5.15. The molecule has 2 aromatic rings. The molecule has 1 saturated carbocycles. The Morgan fingerprint density at radius 2 is 1.79 bits per heavy atom. The minimum Gasteiger partial charge on any atom is -0.348 e. The van der Waals surface area contributed by atoms with Gasteiger partial charge in [-0.15, -0.1) is 0 Å². The van der Waals surface area contributed by atoms with Crippen molar-refractivity contribution in [3.8, 4) is 0 Å². The smallest absolute Gasteiger partial charge is 0.319 e. The number of halogens is 2. The monoisotopic (exact) mass is 522 g/mol. The summed E-state index contributed by atoms with van der Waals surface area (Å²) in [7, 11) is 0. The maximum Gasteiger partial charge on any atom is 0.319 e. The first-order valence-electron chi connectivity index (χ1n) is 9.94. The van der Waals surface area contributed by atoms with Crippen molar-refractivity contribution in [2.24, 2.45) is 0 Å². The van der Waals surface area contributed by atoms with Crippen LogP contribution in [0.3, 0.4) is 0 Å². The molecule has 2 N–H and O–H groups in total. The topological polar surface area (TPSA) is 59.6 Å². The summed E-state index contributed by atoms with van der Waals surface area (Å²) >= 11 is 6.89. The minimum absolute atomic E-state index is 0.248. The summed E-state index contributed by atoms with van der Waals surface area (Å²) in [5.41, 5.74) is 1.75. The molecule has 0 radical (unpaired) electrons. The molecule has 29 heavy (non-hydrogen) atoms. The van der Waals surface area contributed by atoms with Crippen LogP contribution >= 0.6 is 31.9 Å². The van der Waals surface area contributed by atoms with E-state index in [1.54, 1.807) is 0 Å². The first-order valence-corrected chi connectivity index (χ1v) is 11.5. The molecule has 0 unspecified atom stereocenters. The molecule has 1 spiro atoms. The van der Waals surface area contributed by atoms with Crippen molar-refractivity contribution >= 4 is 43.6 Å². The van der Waals surface area contributed by atoms with E-state index in [4.69, 9.17) is 9.47 Å². The number of nitrogens with one attached hydrogen (secondary N) is 2. The van der Waals surface area contributed by atoms with E-state index in [9.17, 15) is 4.79 Å². The van der Waals surface area contributed by atoms with Gasteiger partial charge in [-0.1, -0.05) is 52.7 Å². The van der Waals surface area contributed by atoms with E-state index in [1.165, 1.54) is 6.42 Å². The standard InChI is InChI=1S/C22H24Br2N2O3/c23-16-9-10-18(17(24)13-16)25-21(27)26-19-14-28-22(11-5-2-6-12-22)29-20(19)15-7-3-1-4-8-15/h1,3-4,7-10,13,19-20H,2,5-6,11-12,14H2,(H2,25,26,27)/t19-,20+/m0/s1. The second-order valence-electron chi connectivity index (χ2n) is 7.56. The number of amides is 2. The molecule has 2 aliphatic rings. The molecule has 2 aromatic carbocycles. The van der Waals surface area contributed by atoms with Crippen molar-refractivity contribution in [1.29, 1.82) is 0 Å². The maximum absolute atomic E-state index is 12.7. The predicted molar refractivity (Wildman–Crippen MR) is 120 cm³/mol. The predicted octanol–water partition coefficient (Wildman–Crippen LogP) is 6.15. The number of carbonyl (C=O) groups is 1. The van der Waals surface area contributed by atoms with Gasteiger partial charge >= 0.3 is 6.03 Å². The van der Waals surface area contributed by atoms with E-state index in [0.29, 0.717) is 12.3 Å². The highest BCUT2D eigenvalue weighted by Gasteiger charge is 2.44. The zero-order valence-electron chi connectivity index (χ0n) is 16.0. The molecule has 0 aromatic heterocycles. The van der Waals surface area contributed by atoms with Crippen LogP contribution in [0.1, 0.15) is 43.8 Å². The molecular weight excluding hydrogens is 500 g/mol. The quantitative estimate of drug-likeness (QED) is 0.507. The third-order valence-electron chi connectivity index (χ3n) is 5.47. The normalized spacial score (nSPS) is 23.5. The second-order valence-corrected chi connectivity index (χ2v) is 9.33. The Labute approximate surface area is 187 Å². The molecule has 5 nitrogen and oxygen atoms in total. The van der Waals surface area contributed by atoms with E-state index >= 15 is 0 Å². The lowest BCUT2D eigenvalue weighted by Crippen LogP contribution is -2.55. The molecule has 2 atom stereocenters. The van der Waals surface area contributed by atoms with Crippen LogP contribution < -0.4 is 10.6 Å². The summed E-state index contributed by atoms with van der Waals surface area (Å²) in [6.07, 6.45) is 5.00. The summed E-state index contributed by atoms with van der Waals surface area (Å²) in [4.78, 5) is 12.7. The van der Waals surface area contributed by atoms with E-state index in [1.807, 2.05) is 48.5 Å². The highest BCUT2D eigenvalue weighted by molar-refractivity contribution is 9.11. The Morgan fingerprint density at radius 1 is 1.03 bits per heavy atom. The molecule has 2 fully saturated rings. The molecule has 1 heterocycles. The van der Waals surface area contributed by atoms with Gasteiger partial charge in [0.15, 0.2) is 5.79 Å². The summed E-state index contributed by atoms with van der Waals surface area (Å²) < 4.78 is 14.4. The lowest BCUT2D eigenvalue weighted by Gasteiger charge is -2.46. The molecule has 154 valence electrons. The molecular formula is C22H24Br2N2O3. The van der Waals surface area contributed by atoms with E-state index in [2.05, 4.69) is 42.5 Å². The highest BCUT2D eigenvalue weighted by Crippen LogP contribution is 2.41. The zero-order valence-corrected chi connectivity index (χ0v) is 19.2. The molecule has 1 aliphatic carbocycles. The van der Waals surface area contributed by atoms with Crippen molar-refractivity contribution < 1.29 is 14.3 Å². The molecule has 2 amide bonds. The van der Waals surface area contributed by atoms with Crippen LogP contribution in [0.5, 0.6) is 0 Å². The van der Waals surface area contributed by atoms with Crippen molar-refractivity contribution in [1.82, 2.24) is 5.32 Å². The van der Waals surface area contributed by atoms with Crippen molar-refractivity contribution in [2.45, 2.75) is 50.0 Å². The van der Waals surface area contributed by atoms with Crippen LogP contribution in [0.2, 0.25) is 0 Å². The maximum atomic E-state index is 12.7. The van der Waals surface area contributed by atoms with Crippen LogP contribution in [-0.4, -0.2) is 24.5 Å². The number of urea groups is 1.